The molecule has 0 heterocycles. The Hall–Kier alpha value is -1.96. The van der Waals surface area contributed by atoms with Gasteiger partial charge < -0.3 is 24.8 Å². The van der Waals surface area contributed by atoms with Gasteiger partial charge in [0.1, 0.15) is 0 Å². The Labute approximate surface area is 273 Å². The van der Waals surface area contributed by atoms with E-state index in [2.05, 4.69) is 157 Å². The number of hydrogen-bond donors (Lipinski definition) is 0. The predicted molar refractivity (Wildman–Crippen MR) is 172 cm³/mol. The predicted octanol–water partition coefficient (Wildman–Crippen LogP) is 1.82. The van der Waals surface area contributed by atoms with Crippen LogP contribution in [0, 0.1) is 0 Å². The van der Waals surface area contributed by atoms with Crippen molar-refractivity contribution in [1.29, 1.82) is 0 Å². The molecule has 0 spiro atoms. The van der Waals surface area contributed by atoms with Crippen LogP contribution in [-0.4, -0.2) is 5.43 Å². The van der Waals surface area contributed by atoms with Crippen LogP contribution >= 0.6 is 0 Å². The first-order chi connectivity index (χ1) is 19.1. The van der Waals surface area contributed by atoms with Gasteiger partial charge in [-0.25, -0.2) is 0 Å². The van der Waals surface area contributed by atoms with Gasteiger partial charge in [-0.05, 0) is 0 Å². The van der Waals surface area contributed by atoms with Crippen molar-refractivity contribution in [2.24, 2.45) is 0 Å². The second-order valence-electron chi connectivity index (χ2n) is 13.4. The van der Waals surface area contributed by atoms with E-state index < -0.39 is 25.8 Å². The number of rotatable bonds is 4. The number of halogens is 2. The molecule has 0 radical (unpaired) electrons. The zero-order chi connectivity index (χ0) is 28.1. The van der Waals surface area contributed by atoms with Crippen molar-refractivity contribution in [2.45, 2.75) is 62.4 Å². The van der Waals surface area contributed by atoms with Gasteiger partial charge in [0.05, 0.1) is 0 Å². The molecule has 0 atom stereocenters. The van der Waals surface area contributed by atoms with Crippen molar-refractivity contribution in [3.8, 4) is 11.1 Å². The zero-order valence-corrected chi connectivity index (χ0v) is 30.5. The third-order valence-electron chi connectivity index (χ3n) is 8.52. The monoisotopic (exact) mass is 684 g/mol. The van der Waals surface area contributed by atoms with E-state index in [0.29, 0.717) is 3.63 Å². The van der Waals surface area contributed by atoms with Crippen LogP contribution in [0.25, 0.3) is 11.1 Å². The standard InChI is InChI=1S/C21H25.C12H10Si.C5H5.2ClH.Zr/c1-20(2,3)16-9-7-14-11-15-8-10-17(21(4,5)6)13-19(15)18(14)12-16;1-3-7-11(8-4-1)13-12-9-5-2-6-10-12;1-2-4-5-3-1;;;/h7,9-10,12-13H,11H2,1-6H3;1-10H;1-5H;2*1H;/q;;;;;+2/p-2. The van der Waals surface area contributed by atoms with E-state index in [4.69, 9.17) is 0 Å². The quantitative estimate of drug-likeness (QED) is 0.254. The van der Waals surface area contributed by atoms with E-state index in [1.165, 1.54) is 27.8 Å². The van der Waals surface area contributed by atoms with Crippen molar-refractivity contribution in [3.05, 3.63) is 138 Å². The van der Waals surface area contributed by atoms with Gasteiger partial charge in [-0.1, -0.05) is 0 Å². The molecule has 2 aliphatic carbocycles. The first-order valence-corrected chi connectivity index (χ1v) is 22.5. The summed E-state index contributed by atoms with van der Waals surface area (Å²) in [7, 11) is 0. The maximum atomic E-state index is 2.68. The molecule has 2 aliphatic rings. The van der Waals surface area contributed by atoms with Gasteiger partial charge in [0.25, 0.3) is 0 Å². The Morgan fingerprint density at radius 2 is 1.14 bits per heavy atom. The molecule has 0 fully saturated rings. The van der Waals surface area contributed by atoms with Gasteiger partial charge in [0, 0.05) is 0 Å². The van der Waals surface area contributed by atoms with Crippen LogP contribution in [-0.2, 0) is 37.6 Å². The third kappa shape index (κ3) is 6.44. The van der Waals surface area contributed by atoms with E-state index in [0.717, 1.165) is 6.42 Å². The molecule has 42 heavy (non-hydrogen) atoms. The van der Waals surface area contributed by atoms with Crippen molar-refractivity contribution >= 4 is 19.1 Å². The average molecular weight is 687 g/mol. The number of hydrogen-bond acceptors (Lipinski definition) is 0. The largest absolute Gasteiger partial charge is 1.00 e. The smallest absolute Gasteiger partial charge is 1.00 e. The SMILES string of the molecule is CC(C)(C)c1ccc2c(c1)-c1cc(C(C)(C)C)c[c]([Zr+2]([CH]3C=CC=C3)=[Si](c3ccccc3)c3ccccc3)c1C2.[Cl-].[Cl-]. The molecule has 0 unspecified atom stereocenters. The molecule has 0 saturated carbocycles. The Kier molecular flexibility index (Phi) is 10.2. The molecule has 6 rings (SSSR count). The molecule has 0 bridgehead atoms. The van der Waals surface area contributed by atoms with Gasteiger partial charge >= 0.3 is 251 Å². The molecule has 0 saturated heterocycles. The Bertz CT molecular complexity index is 1620. The Morgan fingerprint density at radius 1 is 0.619 bits per heavy atom. The van der Waals surface area contributed by atoms with Crippen LogP contribution in [0.2, 0.25) is 3.63 Å². The first kappa shape index (κ1) is 32.9. The zero-order valence-electron chi connectivity index (χ0n) is 25.5. The molecule has 4 aromatic rings. The summed E-state index contributed by atoms with van der Waals surface area (Å²) < 4.78 is 2.32. The summed E-state index contributed by atoms with van der Waals surface area (Å²) in [4.78, 5) is 0. The molecular formula is C38H40Cl2SiZr. The summed E-state index contributed by atoms with van der Waals surface area (Å²) in [6.45, 7) is 14.2. The first-order valence-electron chi connectivity index (χ1n) is 14.6. The molecule has 0 aromatic heterocycles. The maximum absolute atomic E-state index is 2.68. The molecular weight excluding hydrogens is 647 g/mol. The van der Waals surface area contributed by atoms with Crippen LogP contribution in [0.1, 0.15) is 63.8 Å². The summed E-state index contributed by atoms with van der Waals surface area (Å²) in [5.41, 5.74) is 8.29. The van der Waals surface area contributed by atoms with E-state index in [1.54, 1.807) is 19.2 Å². The fourth-order valence-corrected chi connectivity index (χ4v) is 27.3. The van der Waals surface area contributed by atoms with Crippen LogP contribution in [0.5, 0.6) is 0 Å². The fourth-order valence-electron chi connectivity index (χ4n) is 6.21. The Balaban J connectivity index is 0.00000202. The second kappa shape index (κ2) is 13.0. The second-order valence-corrected chi connectivity index (χ2v) is 27.2. The van der Waals surface area contributed by atoms with Crippen molar-refractivity contribution in [3.63, 3.8) is 0 Å². The van der Waals surface area contributed by atoms with Crippen LogP contribution in [0.4, 0.5) is 0 Å². The maximum Gasteiger partial charge on any atom is -1.00 e. The summed E-state index contributed by atoms with van der Waals surface area (Å²) in [5, 5.41) is 3.14. The number of fused-ring (bicyclic) bond motifs is 3. The van der Waals surface area contributed by atoms with E-state index in [9.17, 15) is 0 Å². The number of benzene rings is 4. The Morgan fingerprint density at radius 3 is 1.67 bits per heavy atom. The van der Waals surface area contributed by atoms with Crippen molar-refractivity contribution in [1.82, 2.24) is 0 Å². The van der Waals surface area contributed by atoms with Crippen LogP contribution in [0.3, 0.4) is 0 Å². The van der Waals surface area contributed by atoms with Gasteiger partial charge in [-0.2, -0.15) is 0 Å². The molecule has 214 valence electrons. The van der Waals surface area contributed by atoms with Gasteiger partial charge in [0.15, 0.2) is 0 Å². The summed E-state index contributed by atoms with van der Waals surface area (Å²) in [6.07, 6.45) is 10.7. The molecule has 0 amide bonds. The summed E-state index contributed by atoms with van der Waals surface area (Å²) >= 11 is -2.44. The van der Waals surface area contributed by atoms with Gasteiger partial charge in [0.2, 0.25) is 0 Å². The van der Waals surface area contributed by atoms with E-state index in [-0.39, 0.29) is 35.6 Å². The minimum Gasteiger partial charge on any atom is -1.00 e. The summed E-state index contributed by atoms with van der Waals surface area (Å²) in [5.74, 6) is 0. The van der Waals surface area contributed by atoms with Gasteiger partial charge in [-0.15, -0.1) is 0 Å². The molecule has 0 aliphatic heterocycles. The summed E-state index contributed by atoms with van der Waals surface area (Å²) in [6, 6.07) is 35.6. The third-order valence-corrected chi connectivity index (χ3v) is 27.8. The van der Waals surface area contributed by atoms with Gasteiger partial charge in [-0.3, -0.25) is 0 Å². The number of allylic oxidation sites excluding steroid dienone is 4. The fraction of sp³-hybridized carbons (Fsp3) is 0.263. The van der Waals surface area contributed by atoms with E-state index >= 15 is 0 Å². The van der Waals surface area contributed by atoms with Crippen LogP contribution in [0.15, 0.2) is 115 Å². The molecule has 0 N–H and O–H groups in total. The van der Waals surface area contributed by atoms with Crippen LogP contribution < -0.4 is 38.5 Å². The normalized spacial score (nSPS) is 13.5. The average Bonchev–Trinajstić information content (AvgIpc) is 3.59. The van der Waals surface area contributed by atoms with Crippen molar-refractivity contribution in [2.75, 3.05) is 0 Å². The molecule has 0 nitrogen and oxygen atoms in total. The van der Waals surface area contributed by atoms with Crippen molar-refractivity contribution < 1.29 is 45.2 Å². The van der Waals surface area contributed by atoms with E-state index in [1.807, 2.05) is 0 Å². The minimum absolute atomic E-state index is 0. The molecule has 4 heteroatoms. The topological polar surface area (TPSA) is 0 Å². The minimum atomic E-state index is -2.44. The molecule has 4 aromatic carbocycles.